The lowest BCUT2D eigenvalue weighted by Crippen LogP contribution is -2.31. The van der Waals surface area contributed by atoms with Gasteiger partial charge in [0.25, 0.3) is 0 Å². The molecule has 0 bridgehead atoms. The lowest BCUT2D eigenvalue weighted by Gasteiger charge is -2.20. The van der Waals surface area contributed by atoms with Gasteiger partial charge in [0.15, 0.2) is 0 Å². The van der Waals surface area contributed by atoms with Gasteiger partial charge in [0.2, 0.25) is 5.91 Å². The maximum absolute atomic E-state index is 12.1. The third-order valence-electron chi connectivity index (χ3n) is 3.08. The zero-order valence-electron chi connectivity index (χ0n) is 12.7. The van der Waals surface area contributed by atoms with E-state index in [0.29, 0.717) is 0 Å². The summed E-state index contributed by atoms with van der Waals surface area (Å²) in [6, 6.07) is 7.47. The molecule has 0 unspecified atom stereocenters. The van der Waals surface area contributed by atoms with Gasteiger partial charge in [-0.2, -0.15) is 0 Å². The number of nitrogens with zero attached hydrogens (tertiary/aromatic N) is 2. The average molecular weight is 275 g/mol. The monoisotopic (exact) mass is 275 g/mol. The fourth-order valence-corrected chi connectivity index (χ4v) is 1.88. The Balaban J connectivity index is 2.51. The molecule has 0 aromatic heterocycles. The molecule has 1 aromatic rings. The Morgan fingerprint density at radius 3 is 2.40 bits per heavy atom. The topological polar surface area (TPSA) is 49.6 Å². The van der Waals surface area contributed by atoms with Gasteiger partial charge in [-0.15, -0.1) is 0 Å². The number of hydrogen-bond acceptors (Lipinski definition) is 3. The molecule has 0 atom stereocenters. The molecule has 2 N–H and O–H groups in total. The summed E-state index contributed by atoms with van der Waals surface area (Å²) in [4.78, 5) is 16.1. The van der Waals surface area contributed by atoms with E-state index in [9.17, 15) is 4.79 Å². The minimum absolute atomic E-state index is 0.0584. The second-order valence-corrected chi connectivity index (χ2v) is 5.07. The van der Waals surface area contributed by atoms with Gasteiger partial charge in [0, 0.05) is 24.9 Å². The standard InChI is InChI=1S/C16H25N3O/c1-4-19(13-5-12-18(2)3)16(20)11-8-14-6-9-15(17)10-7-14/h6-11H,4-5,12-13,17H2,1-3H3/b11-8+. The Morgan fingerprint density at radius 2 is 1.85 bits per heavy atom. The van der Waals surface area contributed by atoms with E-state index in [2.05, 4.69) is 4.90 Å². The smallest absolute Gasteiger partial charge is 0.246 e. The largest absolute Gasteiger partial charge is 0.399 e. The summed E-state index contributed by atoms with van der Waals surface area (Å²) in [5.41, 5.74) is 7.34. The first-order valence-electron chi connectivity index (χ1n) is 7.00. The van der Waals surface area contributed by atoms with Crippen molar-refractivity contribution in [3.63, 3.8) is 0 Å². The number of carbonyl (C=O) groups is 1. The lowest BCUT2D eigenvalue weighted by atomic mass is 10.2. The van der Waals surface area contributed by atoms with Crippen molar-refractivity contribution in [1.82, 2.24) is 9.80 Å². The van der Waals surface area contributed by atoms with E-state index in [1.165, 1.54) is 0 Å². The molecule has 1 rings (SSSR count). The van der Waals surface area contributed by atoms with Crippen LogP contribution in [0.5, 0.6) is 0 Å². The average Bonchev–Trinajstić information content (AvgIpc) is 2.42. The highest BCUT2D eigenvalue weighted by Gasteiger charge is 2.07. The van der Waals surface area contributed by atoms with Crippen LogP contribution in [0.15, 0.2) is 30.3 Å². The van der Waals surface area contributed by atoms with Crippen molar-refractivity contribution in [2.75, 3.05) is 39.5 Å². The number of amides is 1. The summed E-state index contributed by atoms with van der Waals surface area (Å²) in [6.45, 7) is 4.52. The number of rotatable bonds is 7. The summed E-state index contributed by atoms with van der Waals surface area (Å²) in [6.07, 6.45) is 4.45. The molecule has 0 aliphatic heterocycles. The first kappa shape index (κ1) is 16.2. The third kappa shape index (κ3) is 5.89. The first-order valence-corrected chi connectivity index (χ1v) is 7.00. The van der Waals surface area contributed by atoms with Crippen LogP contribution in [0, 0.1) is 0 Å². The zero-order valence-corrected chi connectivity index (χ0v) is 12.7. The molecule has 0 aliphatic rings. The van der Waals surface area contributed by atoms with Crippen LogP contribution in [0.4, 0.5) is 5.69 Å². The SMILES string of the molecule is CCN(CCCN(C)C)C(=O)/C=C/c1ccc(N)cc1. The minimum atomic E-state index is 0.0584. The van der Waals surface area contributed by atoms with E-state index in [4.69, 9.17) is 5.73 Å². The highest BCUT2D eigenvalue weighted by molar-refractivity contribution is 5.91. The molecule has 1 amide bonds. The van der Waals surface area contributed by atoms with Crippen LogP contribution < -0.4 is 5.73 Å². The van der Waals surface area contributed by atoms with Crippen LogP contribution in [0.2, 0.25) is 0 Å². The Kier molecular flexibility index (Phi) is 6.81. The minimum Gasteiger partial charge on any atom is -0.399 e. The molecule has 0 heterocycles. The Hall–Kier alpha value is -1.81. The van der Waals surface area contributed by atoms with Gasteiger partial charge < -0.3 is 15.5 Å². The molecular formula is C16H25N3O. The molecular weight excluding hydrogens is 250 g/mol. The molecule has 4 nitrogen and oxygen atoms in total. The third-order valence-corrected chi connectivity index (χ3v) is 3.08. The van der Waals surface area contributed by atoms with Gasteiger partial charge in [-0.1, -0.05) is 12.1 Å². The molecule has 0 spiro atoms. The summed E-state index contributed by atoms with van der Waals surface area (Å²) >= 11 is 0. The Bertz CT molecular complexity index is 438. The molecule has 20 heavy (non-hydrogen) atoms. The zero-order chi connectivity index (χ0) is 15.0. The van der Waals surface area contributed by atoms with E-state index in [0.717, 1.165) is 37.3 Å². The van der Waals surface area contributed by atoms with Crippen molar-refractivity contribution in [1.29, 1.82) is 0 Å². The maximum atomic E-state index is 12.1. The summed E-state index contributed by atoms with van der Waals surface area (Å²) in [5.74, 6) is 0.0584. The van der Waals surface area contributed by atoms with Crippen molar-refractivity contribution in [3.8, 4) is 0 Å². The van der Waals surface area contributed by atoms with Gasteiger partial charge >= 0.3 is 0 Å². The van der Waals surface area contributed by atoms with Crippen LogP contribution in [0.1, 0.15) is 18.9 Å². The molecule has 0 radical (unpaired) electrons. The second-order valence-electron chi connectivity index (χ2n) is 5.07. The lowest BCUT2D eigenvalue weighted by molar-refractivity contribution is -0.125. The predicted molar refractivity (Wildman–Crippen MR) is 85.3 cm³/mol. The predicted octanol–water partition coefficient (Wildman–Crippen LogP) is 2.08. The quantitative estimate of drug-likeness (QED) is 0.612. The van der Waals surface area contributed by atoms with E-state index in [-0.39, 0.29) is 5.91 Å². The fraction of sp³-hybridized carbons (Fsp3) is 0.438. The number of carbonyl (C=O) groups excluding carboxylic acids is 1. The molecule has 110 valence electrons. The van der Waals surface area contributed by atoms with Gasteiger partial charge in [-0.25, -0.2) is 0 Å². The van der Waals surface area contributed by atoms with Crippen molar-refractivity contribution >= 4 is 17.7 Å². The second kappa shape index (κ2) is 8.38. The summed E-state index contributed by atoms with van der Waals surface area (Å²) in [7, 11) is 4.08. The number of benzene rings is 1. The number of likely N-dealkylation sites (N-methyl/N-ethyl adjacent to an activating group) is 1. The maximum Gasteiger partial charge on any atom is 0.246 e. The van der Waals surface area contributed by atoms with Gasteiger partial charge in [-0.3, -0.25) is 4.79 Å². The highest BCUT2D eigenvalue weighted by atomic mass is 16.2. The first-order chi connectivity index (χ1) is 9.52. The van der Waals surface area contributed by atoms with E-state index >= 15 is 0 Å². The Morgan fingerprint density at radius 1 is 1.20 bits per heavy atom. The molecule has 0 saturated carbocycles. The highest BCUT2D eigenvalue weighted by Crippen LogP contribution is 2.07. The number of hydrogen-bond donors (Lipinski definition) is 1. The van der Waals surface area contributed by atoms with Crippen molar-refractivity contribution in [2.24, 2.45) is 0 Å². The van der Waals surface area contributed by atoms with Crippen molar-refractivity contribution < 1.29 is 4.79 Å². The number of nitrogen functional groups attached to an aromatic ring is 1. The van der Waals surface area contributed by atoms with Gasteiger partial charge in [0.1, 0.15) is 0 Å². The molecule has 4 heteroatoms. The van der Waals surface area contributed by atoms with Crippen LogP contribution in [-0.4, -0.2) is 49.4 Å². The van der Waals surface area contributed by atoms with E-state index in [1.54, 1.807) is 6.08 Å². The van der Waals surface area contributed by atoms with Gasteiger partial charge in [-0.05, 0) is 57.8 Å². The number of anilines is 1. The molecule has 0 fully saturated rings. The normalized spacial score (nSPS) is 11.2. The molecule has 1 aromatic carbocycles. The molecule has 0 saturated heterocycles. The van der Waals surface area contributed by atoms with Crippen LogP contribution >= 0.6 is 0 Å². The number of nitrogens with two attached hydrogens (primary N) is 1. The van der Waals surface area contributed by atoms with Crippen LogP contribution in [0.25, 0.3) is 6.08 Å². The van der Waals surface area contributed by atoms with E-state index < -0.39 is 0 Å². The summed E-state index contributed by atoms with van der Waals surface area (Å²) in [5, 5.41) is 0. The van der Waals surface area contributed by atoms with Crippen molar-refractivity contribution in [2.45, 2.75) is 13.3 Å². The van der Waals surface area contributed by atoms with E-state index in [1.807, 2.05) is 56.3 Å². The van der Waals surface area contributed by atoms with Crippen LogP contribution in [-0.2, 0) is 4.79 Å². The molecule has 0 aliphatic carbocycles. The fourth-order valence-electron chi connectivity index (χ4n) is 1.88. The Labute approximate surface area is 121 Å². The van der Waals surface area contributed by atoms with Crippen molar-refractivity contribution in [3.05, 3.63) is 35.9 Å². The van der Waals surface area contributed by atoms with Crippen LogP contribution in [0.3, 0.4) is 0 Å². The van der Waals surface area contributed by atoms with Gasteiger partial charge in [0.05, 0.1) is 0 Å². The summed E-state index contributed by atoms with van der Waals surface area (Å²) < 4.78 is 0.